The van der Waals surface area contributed by atoms with Crippen LogP contribution in [0.1, 0.15) is 37.8 Å². The molecule has 0 saturated heterocycles. The van der Waals surface area contributed by atoms with Crippen LogP contribution in [0.15, 0.2) is 84.9 Å². The molecular weight excluding hydrogens is 476 g/mol. The summed E-state index contributed by atoms with van der Waals surface area (Å²) in [6, 6.07) is 26.6. The Balaban J connectivity index is 1.53. The second-order valence-corrected chi connectivity index (χ2v) is 9.25. The lowest BCUT2D eigenvalue weighted by atomic mass is 10.1. The van der Waals surface area contributed by atoms with Crippen molar-refractivity contribution in [1.82, 2.24) is 0 Å². The number of nitrogens with one attached hydrogen (secondary N) is 2. The molecule has 2 atom stereocenters. The molecule has 4 aromatic carbocycles. The second-order valence-electron chi connectivity index (χ2n) is 9.25. The van der Waals surface area contributed by atoms with E-state index in [9.17, 15) is 9.59 Å². The maximum absolute atomic E-state index is 13.2. The number of fused-ring (bicyclic) bond motifs is 1. The molecule has 6 heteroatoms. The van der Waals surface area contributed by atoms with E-state index in [0.29, 0.717) is 35.7 Å². The Morgan fingerprint density at radius 2 is 1.00 bits per heavy atom. The lowest BCUT2D eigenvalue weighted by molar-refractivity contribution is -0.123. The minimum absolute atomic E-state index is 0.227. The van der Waals surface area contributed by atoms with Gasteiger partial charge in [-0.05, 0) is 62.1 Å². The molecule has 0 spiro atoms. The smallest absolute Gasteiger partial charge is 0.265 e. The average molecular weight is 511 g/mol. The predicted molar refractivity (Wildman–Crippen MR) is 153 cm³/mol. The summed E-state index contributed by atoms with van der Waals surface area (Å²) in [5.74, 6) is 0.928. The Hall–Kier alpha value is -4.32. The summed E-state index contributed by atoms with van der Waals surface area (Å²) >= 11 is 0. The Kier molecular flexibility index (Phi) is 8.64. The molecule has 0 radical (unpaired) electrons. The van der Waals surface area contributed by atoms with E-state index in [4.69, 9.17) is 9.47 Å². The first-order valence-corrected chi connectivity index (χ1v) is 13.0. The highest BCUT2D eigenvalue weighted by Gasteiger charge is 2.22. The molecule has 0 aliphatic heterocycles. The van der Waals surface area contributed by atoms with Gasteiger partial charge in [0.05, 0.1) is 0 Å². The monoisotopic (exact) mass is 510 g/mol. The number of carbonyl (C=O) groups excluding carboxylic acids is 2. The molecule has 6 nitrogen and oxygen atoms in total. The van der Waals surface area contributed by atoms with E-state index in [1.807, 2.05) is 113 Å². The van der Waals surface area contributed by atoms with Crippen molar-refractivity contribution in [2.45, 2.75) is 52.7 Å². The van der Waals surface area contributed by atoms with Gasteiger partial charge in [-0.2, -0.15) is 0 Å². The van der Waals surface area contributed by atoms with Gasteiger partial charge in [0, 0.05) is 22.1 Å². The number of hydrogen-bond acceptors (Lipinski definition) is 4. The van der Waals surface area contributed by atoms with Crippen molar-refractivity contribution < 1.29 is 19.1 Å². The van der Waals surface area contributed by atoms with E-state index >= 15 is 0 Å². The number of para-hydroxylation sites is 2. The van der Waals surface area contributed by atoms with E-state index in [1.165, 1.54) is 0 Å². The van der Waals surface area contributed by atoms with Gasteiger partial charge in [0.25, 0.3) is 11.8 Å². The van der Waals surface area contributed by atoms with Gasteiger partial charge in [0.1, 0.15) is 11.5 Å². The van der Waals surface area contributed by atoms with Crippen LogP contribution in [-0.2, 0) is 9.59 Å². The zero-order chi connectivity index (χ0) is 27.1. The lowest BCUT2D eigenvalue weighted by Crippen LogP contribution is -2.33. The zero-order valence-electron chi connectivity index (χ0n) is 22.3. The standard InChI is InChI=1S/C32H34N2O4/c1-5-27(37-29-19-9-7-13-21(29)3)31(35)33-25-17-11-16-24-23(25)15-12-18-26(24)34-32(36)28(6-2)38-30-20-10-8-14-22(30)4/h7-20,27-28H,5-6H2,1-4H3,(H,33,35)(H,34,36). The van der Waals surface area contributed by atoms with E-state index in [1.54, 1.807) is 0 Å². The Bertz CT molecular complexity index is 1320. The van der Waals surface area contributed by atoms with Crippen molar-refractivity contribution in [3.63, 3.8) is 0 Å². The molecule has 2 unspecified atom stereocenters. The maximum Gasteiger partial charge on any atom is 0.265 e. The van der Waals surface area contributed by atoms with E-state index < -0.39 is 12.2 Å². The minimum Gasteiger partial charge on any atom is -0.480 e. The Labute approximate surface area is 224 Å². The van der Waals surface area contributed by atoms with Crippen LogP contribution in [-0.4, -0.2) is 24.0 Å². The van der Waals surface area contributed by atoms with Crippen molar-refractivity contribution in [1.29, 1.82) is 0 Å². The van der Waals surface area contributed by atoms with Gasteiger partial charge in [-0.15, -0.1) is 0 Å². The van der Waals surface area contributed by atoms with Gasteiger partial charge in [-0.25, -0.2) is 0 Å². The molecule has 4 rings (SSSR count). The summed E-state index contributed by atoms with van der Waals surface area (Å²) in [6.07, 6.45) is -0.242. The third-order valence-corrected chi connectivity index (χ3v) is 6.49. The van der Waals surface area contributed by atoms with Crippen molar-refractivity contribution >= 4 is 34.0 Å². The molecule has 0 bridgehead atoms. The first-order valence-electron chi connectivity index (χ1n) is 13.0. The average Bonchev–Trinajstić information content (AvgIpc) is 2.92. The van der Waals surface area contributed by atoms with E-state index in [-0.39, 0.29) is 11.8 Å². The number of carbonyl (C=O) groups is 2. The highest BCUT2D eigenvalue weighted by atomic mass is 16.5. The van der Waals surface area contributed by atoms with Crippen LogP contribution in [0.3, 0.4) is 0 Å². The Morgan fingerprint density at radius 1 is 0.605 bits per heavy atom. The summed E-state index contributed by atoms with van der Waals surface area (Å²) in [6.45, 7) is 7.75. The molecule has 2 N–H and O–H groups in total. The fourth-order valence-electron chi connectivity index (χ4n) is 4.28. The molecule has 0 aliphatic carbocycles. The summed E-state index contributed by atoms with van der Waals surface area (Å²) < 4.78 is 12.1. The highest BCUT2D eigenvalue weighted by molar-refractivity contribution is 6.10. The molecule has 2 amide bonds. The predicted octanol–water partition coefficient (Wildman–Crippen LogP) is 7.05. The molecular formula is C32H34N2O4. The van der Waals surface area contributed by atoms with Crippen LogP contribution < -0.4 is 20.1 Å². The van der Waals surface area contributed by atoms with Crippen LogP contribution in [0, 0.1) is 13.8 Å². The minimum atomic E-state index is -0.641. The molecule has 0 fully saturated rings. The molecule has 0 saturated carbocycles. The molecule has 0 aromatic heterocycles. The fourth-order valence-corrected chi connectivity index (χ4v) is 4.28. The third-order valence-electron chi connectivity index (χ3n) is 6.49. The van der Waals surface area contributed by atoms with Crippen molar-refractivity contribution in [2.75, 3.05) is 10.6 Å². The van der Waals surface area contributed by atoms with Gasteiger partial charge in [0.2, 0.25) is 0 Å². The van der Waals surface area contributed by atoms with Gasteiger partial charge in [-0.3, -0.25) is 9.59 Å². The summed E-state index contributed by atoms with van der Waals surface area (Å²) in [5.41, 5.74) is 3.25. The topological polar surface area (TPSA) is 76.7 Å². The number of anilines is 2. The SMILES string of the molecule is CCC(Oc1ccccc1C)C(=O)Nc1cccc2c(NC(=O)C(CC)Oc3ccccc3C)cccc12. The number of hydrogen-bond donors (Lipinski definition) is 2. The number of benzene rings is 4. The number of ether oxygens (including phenoxy) is 2. The molecule has 38 heavy (non-hydrogen) atoms. The first-order chi connectivity index (χ1) is 18.4. The number of aryl methyl sites for hydroxylation is 2. The third kappa shape index (κ3) is 6.14. The van der Waals surface area contributed by atoms with Crippen molar-refractivity contribution in [3.05, 3.63) is 96.1 Å². The summed E-state index contributed by atoms with van der Waals surface area (Å²) in [7, 11) is 0. The van der Waals surface area contributed by atoms with Gasteiger partial charge < -0.3 is 20.1 Å². The van der Waals surface area contributed by atoms with Crippen LogP contribution in [0.2, 0.25) is 0 Å². The van der Waals surface area contributed by atoms with E-state index in [2.05, 4.69) is 10.6 Å². The molecule has 0 aliphatic rings. The normalized spacial score (nSPS) is 12.4. The van der Waals surface area contributed by atoms with Crippen LogP contribution in [0.25, 0.3) is 10.8 Å². The van der Waals surface area contributed by atoms with Crippen LogP contribution in [0.5, 0.6) is 11.5 Å². The second kappa shape index (κ2) is 12.3. The van der Waals surface area contributed by atoms with E-state index in [0.717, 1.165) is 21.9 Å². The molecule has 4 aromatic rings. The van der Waals surface area contributed by atoms with Gasteiger partial charge in [-0.1, -0.05) is 74.5 Å². The van der Waals surface area contributed by atoms with Gasteiger partial charge >= 0.3 is 0 Å². The van der Waals surface area contributed by atoms with Gasteiger partial charge in [0.15, 0.2) is 12.2 Å². The van der Waals surface area contributed by atoms with Crippen LogP contribution in [0.4, 0.5) is 11.4 Å². The summed E-state index contributed by atoms with van der Waals surface area (Å²) in [5, 5.41) is 7.69. The molecule has 196 valence electrons. The molecule has 0 heterocycles. The summed E-state index contributed by atoms with van der Waals surface area (Å²) in [4.78, 5) is 26.3. The zero-order valence-corrected chi connectivity index (χ0v) is 22.3. The maximum atomic E-state index is 13.2. The largest absolute Gasteiger partial charge is 0.480 e. The number of rotatable bonds is 10. The van der Waals surface area contributed by atoms with Crippen molar-refractivity contribution in [2.24, 2.45) is 0 Å². The quantitative estimate of drug-likeness (QED) is 0.240. The first kappa shape index (κ1) is 26.7. The highest BCUT2D eigenvalue weighted by Crippen LogP contribution is 2.30. The lowest BCUT2D eigenvalue weighted by Gasteiger charge is -2.20. The van der Waals surface area contributed by atoms with Crippen LogP contribution >= 0.6 is 0 Å². The number of amides is 2. The fraction of sp³-hybridized carbons (Fsp3) is 0.250. The Morgan fingerprint density at radius 3 is 1.37 bits per heavy atom. The van der Waals surface area contributed by atoms with Crippen molar-refractivity contribution in [3.8, 4) is 11.5 Å².